The molecule has 3 aromatic carbocycles. The Bertz CT molecular complexity index is 810. The minimum absolute atomic E-state index is 0.639. The number of rotatable bonds is 6. The topological polar surface area (TPSA) is 0 Å². The van der Waals surface area contributed by atoms with Gasteiger partial charge in [0.1, 0.15) is 0 Å². The van der Waals surface area contributed by atoms with E-state index in [9.17, 15) is 0 Å². The van der Waals surface area contributed by atoms with Crippen molar-refractivity contribution in [3.63, 3.8) is 0 Å². The molecule has 0 aliphatic carbocycles. The van der Waals surface area contributed by atoms with Crippen molar-refractivity contribution in [2.75, 3.05) is 0 Å². The molecule has 0 aliphatic heterocycles. The molecule has 0 aliphatic rings. The molecule has 0 unspecified atom stereocenters. The van der Waals surface area contributed by atoms with E-state index in [1.54, 1.807) is 0 Å². The zero-order valence-corrected chi connectivity index (χ0v) is 16.4. The Hall–Kier alpha value is -2.34. The maximum absolute atomic E-state index is 2.34. The molecule has 0 aromatic heterocycles. The van der Waals surface area contributed by atoms with Gasteiger partial charge in [0.15, 0.2) is 0 Å². The van der Waals surface area contributed by atoms with Gasteiger partial charge in [0.05, 0.1) is 0 Å². The van der Waals surface area contributed by atoms with Crippen molar-refractivity contribution >= 4 is 0 Å². The van der Waals surface area contributed by atoms with E-state index in [4.69, 9.17) is 0 Å². The van der Waals surface area contributed by atoms with E-state index in [0.717, 1.165) is 5.92 Å². The molecule has 0 radical (unpaired) electrons. The molecule has 0 saturated carbocycles. The first-order valence-electron chi connectivity index (χ1n) is 9.80. The Kier molecular flexibility index (Phi) is 5.93. The van der Waals surface area contributed by atoms with Crippen LogP contribution in [0.2, 0.25) is 0 Å². The second kappa shape index (κ2) is 8.36. The summed E-state index contributed by atoms with van der Waals surface area (Å²) in [5.41, 5.74) is 6.58. The van der Waals surface area contributed by atoms with Gasteiger partial charge in [-0.05, 0) is 58.1 Å². The van der Waals surface area contributed by atoms with Crippen molar-refractivity contribution in [1.82, 2.24) is 0 Å². The highest BCUT2D eigenvalue weighted by molar-refractivity contribution is 5.73. The number of benzene rings is 3. The van der Waals surface area contributed by atoms with Crippen molar-refractivity contribution in [1.29, 1.82) is 0 Å². The molecule has 0 saturated heterocycles. The highest BCUT2D eigenvalue weighted by Crippen LogP contribution is 2.33. The molecule has 0 amide bonds. The fourth-order valence-corrected chi connectivity index (χ4v) is 3.73. The van der Waals surface area contributed by atoms with E-state index in [0.29, 0.717) is 11.8 Å². The lowest BCUT2D eigenvalue weighted by atomic mass is 9.82. The van der Waals surface area contributed by atoms with E-state index in [-0.39, 0.29) is 0 Å². The van der Waals surface area contributed by atoms with Crippen LogP contribution in [-0.2, 0) is 0 Å². The predicted octanol–water partition coefficient (Wildman–Crippen LogP) is 7.81. The molecular formula is C26H30. The van der Waals surface area contributed by atoms with Crippen molar-refractivity contribution in [3.05, 3.63) is 84.4 Å². The van der Waals surface area contributed by atoms with Crippen LogP contribution in [-0.4, -0.2) is 0 Å². The fraction of sp³-hybridized carbons (Fsp3) is 0.308. The highest BCUT2D eigenvalue weighted by Gasteiger charge is 2.17. The van der Waals surface area contributed by atoms with Crippen LogP contribution in [0.1, 0.15) is 45.6 Å². The van der Waals surface area contributed by atoms with E-state index in [2.05, 4.69) is 107 Å². The first-order valence-corrected chi connectivity index (χ1v) is 9.80. The molecule has 3 aromatic rings. The van der Waals surface area contributed by atoms with Gasteiger partial charge in [-0.15, -0.1) is 0 Å². The summed E-state index contributed by atoms with van der Waals surface area (Å²) in [6.45, 7) is 9.31. The minimum atomic E-state index is 0.639. The second-order valence-electron chi connectivity index (χ2n) is 8.05. The summed E-state index contributed by atoms with van der Waals surface area (Å²) in [4.78, 5) is 0. The van der Waals surface area contributed by atoms with Crippen molar-refractivity contribution in [2.45, 2.75) is 40.0 Å². The highest BCUT2D eigenvalue weighted by atomic mass is 14.2. The van der Waals surface area contributed by atoms with Gasteiger partial charge in [0.25, 0.3) is 0 Å². The lowest BCUT2D eigenvalue weighted by Gasteiger charge is -2.23. The normalized spacial score (nSPS) is 12.5. The maximum Gasteiger partial charge on any atom is -0.0136 e. The molecule has 1 atom stereocenters. The Morgan fingerprint density at radius 2 is 1.12 bits per heavy atom. The van der Waals surface area contributed by atoms with Crippen molar-refractivity contribution < 1.29 is 0 Å². The summed E-state index contributed by atoms with van der Waals surface area (Å²) < 4.78 is 0. The van der Waals surface area contributed by atoms with Crippen LogP contribution in [0, 0.1) is 11.8 Å². The summed E-state index contributed by atoms with van der Waals surface area (Å²) in [5.74, 6) is 2.04. The van der Waals surface area contributed by atoms with Crippen LogP contribution in [0.25, 0.3) is 22.3 Å². The zero-order chi connectivity index (χ0) is 18.5. The molecule has 26 heavy (non-hydrogen) atoms. The first-order chi connectivity index (χ1) is 12.5. The Morgan fingerprint density at radius 3 is 1.65 bits per heavy atom. The van der Waals surface area contributed by atoms with Gasteiger partial charge in [0, 0.05) is 0 Å². The third-order valence-corrected chi connectivity index (χ3v) is 5.17. The lowest BCUT2D eigenvalue weighted by molar-refractivity contribution is 0.408. The Morgan fingerprint density at radius 1 is 0.577 bits per heavy atom. The summed E-state index contributed by atoms with van der Waals surface area (Å²) in [6, 6.07) is 28.7. The largest absolute Gasteiger partial charge is 0.0628 e. The monoisotopic (exact) mass is 342 g/mol. The van der Waals surface area contributed by atoms with Gasteiger partial charge in [0.2, 0.25) is 0 Å². The summed E-state index contributed by atoms with van der Waals surface area (Å²) in [6.07, 6.45) is 1.25. The lowest BCUT2D eigenvalue weighted by Crippen LogP contribution is -2.09. The van der Waals surface area contributed by atoms with Crippen LogP contribution < -0.4 is 0 Å². The third kappa shape index (κ3) is 4.43. The van der Waals surface area contributed by atoms with E-state index in [1.165, 1.54) is 34.2 Å². The molecule has 0 N–H and O–H groups in total. The maximum atomic E-state index is 2.34. The van der Waals surface area contributed by atoms with Crippen LogP contribution >= 0.6 is 0 Å². The van der Waals surface area contributed by atoms with Crippen LogP contribution in [0.5, 0.6) is 0 Å². The summed E-state index contributed by atoms with van der Waals surface area (Å²) >= 11 is 0. The Labute approximate surface area is 158 Å². The van der Waals surface area contributed by atoms with Crippen molar-refractivity contribution in [3.8, 4) is 22.3 Å². The molecule has 0 heterocycles. The third-order valence-electron chi connectivity index (χ3n) is 5.17. The molecule has 0 bridgehead atoms. The van der Waals surface area contributed by atoms with Crippen LogP contribution in [0.3, 0.4) is 0 Å². The van der Waals surface area contributed by atoms with E-state index in [1.807, 2.05) is 0 Å². The quantitative estimate of drug-likeness (QED) is 0.428. The van der Waals surface area contributed by atoms with Crippen molar-refractivity contribution in [2.24, 2.45) is 11.8 Å². The summed E-state index contributed by atoms with van der Waals surface area (Å²) in [7, 11) is 0. The SMILES string of the molecule is CC(C)C[C@@H](c1ccc(-c2cccc(-c3ccccc3)c2)cc1)C(C)C. The van der Waals surface area contributed by atoms with Gasteiger partial charge >= 0.3 is 0 Å². The average molecular weight is 343 g/mol. The number of hydrogen-bond acceptors (Lipinski definition) is 0. The molecule has 0 heteroatoms. The molecular weight excluding hydrogens is 312 g/mol. The van der Waals surface area contributed by atoms with E-state index >= 15 is 0 Å². The van der Waals surface area contributed by atoms with Gasteiger partial charge in [-0.3, -0.25) is 0 Å². The second-order valence-corrected chi connectivity index (χ2v) is 8.05. The standard InChI is InChI=1S/C26H30/c1-19(2)17-26(20(3)4)23-15-13-22(14-16-23)25-12-8-11-24(18-25)21-9-6-5-7-10-21/h5-16,18-20,26H,17H2,1-4H3/t26-/m1/s1. The summed E-state index contributed by atoms with van der Waals surface area (Å²) in [5, 5.41) is 0. The fourth-order valence-electron chi connectivity index (χ4n) is 3.73. The van der Waals surface area contributed by atoms with Gasteiger partial charge in [-0.25, -0.2) is 0 Å². The Balaban J connectivity index is 1.87. The zero-order valence-electron chi connectivity index (χ0n) is 16.4. The smallest absolute Gasteiger partial charge is 0.0136 e. The molecule has 0 nitrogen and oxygen atoms in total. The van der Waals surface area contributed by atoms with Crippen LogP contribution in [0.15, 0.2) is 78.9 Å². The van der Waals surface area contributed by atoms with Crippen LogP contribution in [0.4, 0.5) is 0 Å². The minimum Gasteiger partial charge on any atom is -0.0628 e. The molecule has 134 valence electrons. The molecule has 0 fully saturated rings. The van der Waals surface area contributed by atoms with Gasteiger partial charge < -0.3 is 0 Å². The average Bonchev–Trinajstić information content (AvgIpc) is 2.67. The van der Waals surface area contributed by atoms with Gasteiger partial charge in [-0.1, -0.05) is 100 Å². The predicted molar refractivity (Wildman–Crippen MR) is 114 cm³/mol. The molecule has 0 spiro atoms. The molecule has 3 rings (SSSR count). The van der Waals surface area contributed by atoms with Gasteiger partial charge in [-0.2, -0.15) is 0 Å². The number of hydrogen-bond donors (Lipinski definition) is 0. The van der Waals surface area contributed by atoms with E-state index < -0.39 is 0 Å². The first kappa shape index (κ1) is 18.5.